The van der Waals surface area contributed by atoms with E-state index in [-0.39, 0.29) is 22.3 Å². The molecule has 0 saturated heterocycles. The lowest BCUT2D eigenvalue weighted by Gasteiger charge is -2.12. The molecule has 0 aliphatic heterocycles. The summed E-state index contributed by atoms with van der Waals surface area (Å²) in [6.07, 6.45) is 3.83. The van der Waals surface area contributed by atoms with Crippen LogP contribution in [0.1, 0.15) is 104 Å². The Hall–Kier alpha value is 0. The lowest BCUT2D eigenvalue weighted by atomic mass is 9.94. The number of hydrogen-bond acceptors (Lipinski definition) is 0. The highest BCUT2D eigenvalue weighted by Crippen LogP contribution is 2.16. The van der Waals surface area contributed by atoms with Crippen LogP contribution < -0.4 is 0 Å². The number of hydrogen-bond donors (Lipinski definition) is 0. The third-order valence-electron chi connectivity index (χ3n) is 1.88. The molecule has 0 nitrogen and oxygen atoms in total. The molecule has 0 rings (SSSR count). The van der Waals surface area contributed by atoms with Crippen molar-refractivity contribution in [3.8, 4) is 0 Å². The summed E-state index contributed by atoms with van der Waals surface area (Å²) < 4.78 is 0. The van der Waals surface area contributed by atoms with Gasteiger partial charge in [-0.2, -0.15) is 0 Å². The normalized spacial score (nSPS) is 8.12. The molecule has 0 aliphatic carbocycles. The molecule has 0 amide bonds. The molecule has 0 atom stereocenters. The van der Waals surface area contributed by atoms with E-state index >= 15 is 0 Å². The molecule has 0 aromatic carbocycles. The summed E-state index contributed by atoms with van der Waals surface area (Å²) in [5.74, 6) is 0.884. The Bertz CT molecular complexity index is 74.5. The minimum atomic E-state index is 0. The second-order valence-corrected chi connectivity index (χ2v) is 5.42. The highest BCUT2D eigenvalue weighted by Gasteiger charge is 2.03. The van der Waals surface area contributed by atoms with Crippen molar-refractivity contribution in [2.45, 2.75) is 104 Å². The van der Waals surface area contributed by atoms with E-state index in [4.69, 9.17) is 0 Å². The van der Waals surface area contributed by atoms with E-state index < -0.39 is 0 Å². The minimum Gasteiger partial charge on any atom is -0.0776 e. The Kier molecular flexibility index (Phi) is 52.9. The van der Waals surface area contributed by atoms with Gasteiger partial charge in [-0.15, -0.1) is 0 Å². The molecule has 0 fully saturated rings. The highest BCUT2D eigenvalue weighted by molar-refractivity contribution is 4.55. The monoisotopic (exact) mass is 250 g/mol. The Morgan fingerprint density at radius 2 is 0.882 bits per heavy atom. The summed E-state index contributed by atoms with van der Waals surface area (Å²) in [7, 11) is 0. The molecule has 0 heterocycles. The zero-order valence-electron chi connectivity index (χ0n) is 12.2. The third-order valence-corrected chi connectivity index (χ3v) is 1.88. The fourth-order valence-corrected chi connectivity index (χ4v) is 0. The van der Waals surface area contributed by atoms with Gasteiger partial charge in [0.05, 0.1) is 0 Å². The largest absolute Gasteiger partial charge is 0.0776 e. The van der Waals surface area contributed by atoms with Gasteiger partial charge < -0.3 is 0 Å². The van der Waals surface area contributed by atoms with E-state index in [0.29, 0.717) is 5.41 Å². The van der Waals surface area contributed by atoms with Crippen molar-refractivity contribution in [1.29, 1.82) is 0 Å². The molecule has 0 aromatic rings. The SMILES string of the molecule is C.C.C.CCC.CCC(C)(C)C.CCC(C)C. The Morgan fingerprint density at radius 3 is 0.882 bits per heavy atom. The van der Waals surface area contributed by atoms with Crippen molar-refractivity contribution in [3.05, 3.63) is 0 Å². The molecule has 0 N–H and O–H groups in total. The predicted molar refractivity (Wildman–Crippen MR) is 91.0 cm³/mol. The predicted octanol–water partition coefficient (Wildman–Crippen LogP) is 7.82. The van der Waals surface area contributed by atoms with Gasteiger partial charge in [-0.1, -0.05) is 104 Å². The first-order chi connectivity index (χ1) is 6.24. The minimum absolute atomic E-state index is 0. The van der Waals surface area contributed by atoms with Crippen LogP contribution in [0.2, 0.25) is 0 Å². The average Bonchev–Trinajstić information content (AvgIpc) is 2.06. The lowest BCUT2D eigenvalue weighted by molar-refractivity contribution is 0.398. The molecule has 0 aliphatic rings. The Morgan fingerprint density at radius 1 is 0.765 bits per heavy atom. The quantitative estimate of drug-likeness (QED) is 0.445. The van der Waals surface area contributed by atoms with Gasteiger partial charge >= 0.3 is 0 Å². The van der Waals surface area contributed by atoms with Crippen LogP contribution in [0, 0.1) is 11.3 Å². The van der Waals surface area contributed by atoms with E-state index in [2.05, 4.69) is 62.3 Å². The summed E-state index contributed by atoms with van der Waals surface area (Å²) in [4.78, 5) is 0. The molecule has 0 saturated carbocycles. The zero-order chi connectivity index (χ0) is 12.2. The molecular weight excluding hydrogens is 204 g/mol. The summed E-state index contributed by atoms with van der Waals surface area (Å²) in [6.45, 7) is 19.8. The first kappa shape index (κ1) is 36.0. The number of rotatable bonds is 1. The van der Waals surface area contributed by atoms with Crippen molar-refractivity contribution in [3.63, 3.8) is 0 Å². The van der Waals surface area contributed by atoms with Crippen molar-refractivity contribution in [1.82, 2.24) is 0 Å². The van der Waals surface area contributed by atoms with Crippen LogP contribution >= 0.6 is 0 Å². The van der Waals surface area contributed by atoms with Gasteiger partial charge in [0.2, 0.25) is 0 Å². The summed E-state index contributed by atoms with van der Waals surface area (Å²) >= 11 is 0. The molecule has 0 heteroatoms. The van der Waals surface area contributed by atoms with E-state index in [1.807, 2.05) is 0 Å². The van der Waals surface area contributed by atoms with Gasteiger partial charge in [-0.05, 0) is 11.3 Å². The van der Waals surface area contributed by atoms with Gasteiger partial charge in [-0.3, -0.25) is 0 Å². The van der Waals surface area contributed by atoms with Crippen molar-refractivity contribution in [2.24, 2.45) is 11.3 Å². The van der Waals surface area contributed by atoms with E-state index in [9.17, 15) is 0 Å². The first-order valence-corrected chi connectivity index (χ1v) is 6.24. The van der Waals surface area contributed by atoms with Gasteiger partial charge in [-0.25, -0.2) is 0 Å². The van der Waals surface area contributed by atoms with Crippen LogP contribution in [0.5, 0.6) is 0 Å². The smallest absolute Gasteiger partial charge is 0.0385 e. The summed E-state index contributed by atoms with van der Waals surface area (Å²) in [5, 5.41) is 0. The first-order valence-electron chi connectivity index (χ1n) is 6.24. The second-order valence-electron chi connectivity index (χ2n) is 5.42. The van der Waals surface area contributed by atoms with E-state index in [1.165, 1.54) is 19.3 Å². The van der Waals surface area contributed by atoms with Gasteiger partial charge in [0.1, 0.15) is 0 Å². The van der Waals surface area contributed by atoms with Crippen LogP contribution in [-0.4, -0.2) is 0 Å². The van der Waals surface area contributed by atoms with Gasteiger partial charge in [0.25, 0.3) is 0 Å². The molecule has 0 bridgehead atoms. The van der Waals surface area contributed by atoms with Crippen LogP contribution in [0.3, 0.4) is 0 Å². The molecule has 17 heavy (non-hydrogen) atoms. The lowest BCUT2D eigenvalue weighted by Crippen LogP contribution is -2.00. The molecule has 0 spiro atoms. The molecule has 114 valence electrons. The van der Waals surface area contributed by atoms with Crippen molar-refractivity contribution in [2.75, 3.05) is 0 Å². The fourth-order valence-electron chi connectivity index (χ4n) is 0. The van der Waals surface area contributed by atoms with Crippen LogP contribution in [-0.2, 0) is 0 Å². The maximum atomic E-state index is 2.24. The van der Waals surface area contributed by atoms with Crippen LogP contribution in [0.15, 0.2) is 0 Å². The standard InChI is InChI=1S/C6H14.C5H12.C3H8.3CH4/c1-5-6(2,3)4;1-4-5(2)3;1-3-2;;;/h5H2,1-4H3;5H,4H2,1-3H3;3H2,1-2H3;3*1H4. The average molecular weight is 251 g/mol. The molecule has 0 aromatic heterocycles. The second kappa shape index (κ2) is 25.0. The van der Waals surface area contributed by atoms with Crippen molar-refractivity contribution < 1.29 is 0 Å². The van der Waals surface area contributed by atoms with Gasteiger partial charge in [0, 0.05) is 0 Å². The Labute approximate surface area is 116 Å². The fraction of sp³-hybridized carbons (Fsp3) is 1.00. The maximum Gasteiger partial charge on any atom is -0.0385 e. The molecule has 0 unspecified atom stereocenters. The van der Waals surface area contributed by atoms with E-state index in [1.54, 1.807) is 0 Å². The van der Waals surface area contributed by atoms with Crippen LogP contribution in [0.4, 0.5) is 0 Å². The molecular formula is C17H46. The topological polar surface area (TPSA) is 0 Å². The van der Waals surface area contributed by atoms with Crippen LogP contribution in [0.25, 0.3) is 0 Å². The summed E-state index contributed by atoms with van der Waals surface area (Å²) in [5.41, 5.74) is 0.542. The Balaban J connectivity index is -0.0000000256. The van der Waals surface area contributed by atoms with E-state index in [0.717, 1.165) is 5.92 Å². The zero-order valence-corrected chi connectivity index (χ0v) is 12.2. The molecule has 0 radical (unpaired) electrons. The van der Waals surface area contributed by atoms with Crippen molar-refractivity contribution >= 4 is 0 Å². The van der Waals surface area contributed by atoms with Gasteiger partial charge in [0.15, 0.2) is 0 Å². The third kappa shape index (κ3) is 125. The summed E-state index contributed by atoms with van der Waals surface area (Å²) in [6, 6.07) is 0. The highest BCUT2D eigenvalue weighted by atomic mass is 14.1. The maximum absolute atomic E-state index is 2.24.